The quantitative estimate of drug-likeness (QED) is 0.717. The fourth-order valence-electron chi connectivity index (χ4n) is 1.43. The second kappa shape index (κ2) is 5.17. The van der Waals surface area contributed by atoms with E-state index < -0.39 is 0 Å². The third-order valence-corrected chi connectivity index (χ3v) is 1.92. The van der Waals surface area contributed by atoms with Gasteiger partial charge in [0.25, 0.3) is 0 Å². The molecule has 1 atom stereocenters. The van der Waals surface area contributed by atoms with E-state index in [9.17, 15) is 0 Å². The van der Waals surface area contributed by atoms with Crippen molar-refractivity contribution in [3.63, 3.8) is 0 Å². The number of hydrogen-bond acceptors (Lipinski definition) is 2. The number of ether oxygens (including phenoxy) is 2. The Balaban J connectivity index is 2.62. The Morgan fingerprint density at radius 1 is 1.31 bits per heavy atom. The van der Waals surface area contributed by atoms with Crippen LogP contribution in [-0.2, 0) is 4.74 Å². The van der Waals surface area contributed by atoms with E-state index in [0.717, 1.165) is 11.3 Å². The van der Waals surface area contributed by atoms with Crippen LogP contribution in [-0.4, -0.2) is 11.9 Å². The Kier molecular flexibility index (Phi) is 4.13. The molecule has 0 heterocycles. The Morgan fingerprint density at radius 3 is 2.56 bits per heavy atom. The lowest BCUT2D eigenvalue weighted by Gasteiger charge is -2.25. The molecule has 1 aromatic carbocycles. The van der Waals surface area contributed by atoms with Crippen molar-refractivity contribution in [1.29, 1.82) is 0 Å². The molecule has 0 aliphatic carbocycles. The maximum atomic E-state index is 5.67. The van der Waals surface area contributed by atoms with Crippen LogP contribution in [0.25, 0.3) is 6.08 Å². The molecule has 2 heteroatoms. The van der Waals surface area contributed by atoms with Gasteiger partial charge in [-0.15, -0.1) is 0 Å². The van der Waals surface area contributed by atoms with Gasteiger partial charge in [-0.25, -0.2) is 0 Å². The summed E-state index contributed by atoms with van der Waals surface area (Å²) in [4.78, 5) is 0. The highest BCUT2D eigenvalue weighted by molar-refractivity contribution is 5.49. The molecule has 0 saturated heterocycles. The molecule has 1 aromatic rings. The van der Waals surface area contributed by atoms with Crippen molar-refractivity contribution in [1.82, 2.24) is 0 Å². The highest BCUT2D eigenvalue weighted by Crippen LogP contribution is 2.18. The van der Waals surface area contributed by atoms with Gasteiger partial charge in [0.2, 0.25) is 0 Å². The van der Waals surface area contributed by atoms with E-state index in [2.05, 4.69) is 6.58 Å². The van der Waals surface area contributed by atoms with Gasteiger partial charge in [-0.05, 0) is 45.4 Å². The molecule has 0 aliphatic rings. The highest BCUT2D eigenvalue weighted by Gasteiger charge is 2.16. The van der Waals surface area contributed by atoms with E-state index in [-0.39, 0.29) is 11.9 Å². The van der Waals surface area contributed by atoms with Crippen LogP contribution >= 0.6 is 0 Å². The van der Waals surface area contributed by atoms with Crippen molar-refractivity contribution >= 4 is 6.08 Å². The van der Waals surface area contributed by atoms with Crippen molar-refractivity contribution in [2.45, 2.75) is 39.6 Å². The van der Waals surface area contributed by atoms with Crippen LogP contribution in [0.2, 0.25) is 0 Å². The van der Waals surface area contributed by atoms with Crippen molar-refractivity contribution < 1.29 is 9.47 Å². The molecule has 0 amide bonds. The fourth-order valence-corrected chi connectivity index (χ4v) is 1.43. The molecular weight excluding hydrogens is 200 g/mol. The number of hydrogen-bond donors (Lipinski definition) is 0. The van der Waals surface area contributed by atoms with Gasteiger partial charge in [0, 0.05) is 0 Å². The molecule has 88 valence electrons. The maximum Gasteiger partial charge on any atom is 0.197 e. The third-order valence-electron chi connectivity index (χ3n) is 1.92. The Morgan fingerprint density at radius 2 is 2.00 bits per heavy atom. The zero-order valence-corrected chi connectivity index (χ0v) is 10.5. The minimum absolute atomic E-state index is 0.199. The average Bonchev–Trinajstić information content (AvgIpc) is 2.15. The highest BCUT2D eigenvalue weighted by atomic mass is 16.7. The van der Waals surface area contributed by atoms with Crippen molar-refractivity contribution in [2.24, 2.45) is 0 Å². The molecule has 2 nitrogen and oxygen atoms in total. The minimum atomic E-state index is -0.264. The predicted molar refractivity (Wildman–Crippen MR) is 67.5 cm³/mol. The molecule has 16 heavy (non-hydrogen) atoms. The molecular formula is C14H20O2. The predicted octanol–water partition coefficient (Wildman–Crippen LogP) is 3.87. The van der Waals surface area contributed by atoms with E-state index in [1.165, 1.54) is 0 Å². The smallest absolute Gasteiger partial charge is 0.197 e. The van der Waals surface area contributed by atoms with Gasteiger partial charge in [-0.2, -0.15) is 0 Å². The minimum Gasteiger partial charge on any atom is -0.465 e. The lowest BCUT2D eigenvalue weighted by atomic mass is 10.2. The summed E-state index contributed by atoms with van der Waals surface area (Å²) in [5, 5.41) is 0. The first-order valence-electron chi connectivity index (χ1n) is 5.48. The molecule has 1 rings (SSSR count). The SMILES string of the molecule is C=Cc1cccc(OC(C)OC(C)(C)C)c1. The second-order valence-corrected chi connectivity index (χ2v) is 4.69. The van der Waals surface area contributed by atoms with E-state index in [1.54, 1.807) is 6.08 Å². The largest absolute Gasteiger partial charge is 0.465 e. The second-order valence-electron chi connectivity index (χ2n) is 4.69. The fraction of sp³-hybridized carbons (Fsp3) is 0.429. The van der Waals surface area contributed by atoms with Gasteiger partial charge in [0.1, 0.15) is 5.75 Å². The first kappa shape index (κ1) is 12.8. The zero-order chi connectivity index (χ0) is 12.2. The summed E-state index contributed by atoms with van der Waals surface area (Å²) in [7, 11) is 0. The summed E-state index contributed by atoms with van der Waals surface area (Å²) in [6.07, 6.45) is 1.53. The Labute approximate surface area is 97.9 Å². The van der Waals surface area contributed by atoms with Crippen LogP contribution in [0.1, 0.15) is 33.3 Å². The zero-order valence-electron chi connectivity index (χ0n) is 10.5. The maximum absolute atomic E-state index is 5.67. The van der Waals surface area contributed by atoms with Crippen LogP contribution in [0.5, 0.6) is 5.75 Å². The van der Waals surface area contributed by atoms with Gasteiger partial charge in [-0.3, -0.25) is 0 Å². The Hall–Kier alpha value is -1.28. The average molecular weight is 220 g/mol. The number of benzene rings is 1. The van der Waals surface area contributed by atoms with Crippen molar-refractivity contribution in [3.8, 4) is 5.75 Å². The molecule has 0 fully saturated rings. The van der Waals surface area contributed by atoms with Gasteiger partial charge in [0.05, 0.1) is 5.60 Å². The summed E-state index contributed by atoms with van der Waals surface area (Å²) >= 11 is 0. The molecule has 0 N–H and O–H groups in total. The summed E-state index contributed by atoms with van der Waals surface area (Å²) in [6.45, 7) is 11.6. The topological polar surface area (TPSA) is 18.5 Å². The lowest BCUT2D eigenvalue weighted by Crippen LogP contribution is -2.29. The standard InChI is InChI=1S/C14H20O2/c1-6-12-8-7-9-13(10-12)15-11(2)16-14(3,4)5/h6-11H,1H2,2-5H3. The van der Waals surface area contributed by atoms with Crippen molar-refractivity contribution in [3.05, 3.63) is 36.4 Å². The summed E-state index contributed by atoms with van der Waals surface area (Å²) in [6, 6.07) is 7.77. The monoisotopic (exact) mass is 220 g/mol. The first-order valence-corrected chi connectivity index (χ1v) is 5.48. The van der Waals surface area contributed by atoms with Crippen molar-refractivity contribution in [2.75, 3.05) is 0 Å². The molecule has 0 spiro atoms. The molecule has 0 aromatic heterocycles. The number of rotatable bonds is 4. The molecule has 0 saturated carbocycles. The summed E-state index contributed by atoms with van der Waals surface area (Å²) in [5.74, 6) is 0.800. The van der Waals surface area contributed by atoms with Crippen LogP contribution in [0, 0.1) is 0 Å². The van der Waals surface area contributed by atoms with Crippen LogP contribution in [0.3, 0.4) is 0 Å². The third kappa shape index (κ3) is 4.49. The van der Waals surface area contributed by atoms with Gasteiger partial charge < -0.3 is 9.47 Å². The summed E-state index contributed by atoms with van der Waals surface area (Å²) in [5.41, 5.74) is 0.843. The Bertz CT molecular complexity index is 350. The normalized spacial score (nSPS) is 13.2. The van der Waals surface area contributed by atoms with Crippen LogP contribution in [0.15, 0.2) is 30.8 Å². The van der Waals surface area contributed by atoms with Gasteiger partial charge in [-0.1, -0.05) is 24.8 Å². The first-order chi connectivity index (χ1) is 7.40. The molecule has 0 aliphatic heterocycles. The van der Waals surface area contributed by atoms with E-state index in [1.807, 2.05) is 52.0 Å². The van der Waals surface area contributed by atoms with Gasteiger partial charge >= 0.3 is 0 Å². The summed E-state index contributed by atoms with van der Waals surface area (Å²) < 4.78 is 11.3. The van der Waals surface area contributed by atoms with E-state index in [4.69, 9.17) is 9.47 Å². The molecule has 1 unspecified atom stereocenters. The van der Waals surface area contributed by atoms with Crippen LogP contribution in [0.4, 0.5) is 0 Å². The van der Waals surface area contributed by atoms with Crippen LogP contribution < -0.4 is 4.74 Å². The lowest BCUT2D eigenvalue weighted by molar-refractivity contribution is -0.140. The van der Waals surface area contributed by atoms with E-state index in [0.29, 0.717) is 0 Å². The van der Waals surface area contributed by atoms with Gasteiger partial charge in [0.15, 0.2) is 6.29 Å². The van der Waals surface area contributed by atoms with E-state index >= 15 is 0 Å². The molecule has 0 radical (unpaired) electrons. The molecule has 0 bridgehead atoms.